The van der Waals surface area contributed by atoms with Gasteiger partial charge in [0.2, 0.25) is 0 Å². The third-order valence-corrected chi connectivity index (χ3v) is 11.5. The molecular formula is C37H52O2. The first-order valence-electron chi connectivity index (χ1n) is 16.3. The topological polar surface area (TPSA) is 40.5 Å². The first kappa shape index (κ1) is 27.2. The fourth-order valence-corrected chi connectivity index (χ4v) is 9.54. The maximum atomic E-state index is 11.3. The van der Waals surface area contributed by atoms with Gasteiger partial charge in [0.15, 0.2) is 0 Å². The maximum absolute atomic E-state index is 11.3. The van der Waals surface area contributed by atoms with Gasteiger partial charge in [0.1, 0.15) is 11.5 Å². The van der Waals surface area contributed by atoms with Gasteiger partial charge >= 0.3 is 0 Å². The highest BCUT2D eigenvalue weighted by Gasteiger charge is 2.56. The second-order valence-corrected chi connectivity index (χ2v) is 15.3. The number of phenols is 2. The van der Waals surface area contributed by atoms with Gasteiger partial charge in [-0.1, -0.05) is 104 Å². The number of rotatable bonds is 6. The van der Waals surface area contributed by atoms with Gasteiger partial charge in [0, 0.05) is 5.41 Å². The lowest BCUT2D eigenvalue weighted by atomic mass is 9.72. The van der Waals surface area contributed by atoms with Crippen molar-refractivity contribution >= 4 is 0 Å². The molecule has 0 aromatic heterocycles. The van der Waals surface area contributed by atoms with Crippen molar-refractivity contribution < 1.29 is 10.2 Å². The van der Waals surface area contributed by atoms with E-state index in [-0.39, 0.29) is 16.2 Å². The van der Waals surface area contributed by atoms with E-state index in [0.717, 1.165) is 48.6 Å². The molecule has 212 valence electrons. The van der Waals surface area contributed by atoms with Crippen LogP contribution < -0.4 is 0 Å². The van der Waals surface area contributed by atoms with E-state index in [9.17, 15) is 10.2 Å². The molecule has 2 aromatic carbocycles. The molecule has 0 radical (unpaired) electrons. The largest absolute Gasteiger partial charge is 0.508 e. The van der Waals surface area contributed by atoms with Crippen LogP contribution in [-0.2, 0) is 29.1 Å². The van der Waals surface area contributed by atoms with E-state index in [4.69, 9.17) is 0 Å². The molecule has 4 aliphatic rings. The van der Waals surface area contributed by atoms with Gasteiger partial charge in [-0.3, -0.25) is 0 Å². The fourth-order valence-electron chi connectivity index (χ4n) is 9.54. The molecule has 2 saturated carbocycles. The van der Waals surface area contributed by atoms with Crippen molar-refractivity contribution in [3.63, 3.8) is 0 Å². The van der Waals surface area contributed by atoms with Crippen LogP contribution in [-0.4, -0.2) is 10.2 Å². The van der Waals surface area contributed by atoms with Gasteiger partial charge in [0.05, 0.1) is 0 Å². The van der Waals surface area contributed by atoms with Crippen LogP contribution >= 0.6 is 0 Å². The molecule has 39 heavy (non-hydrogen) atoms. The Hall–Kier alpha value is -1.96. The Morgan fingerprint density at radius 1 is 0.564 bits per heavy atom. The summed E-state index contributed by atoms with van der Waals surface area (Å²) in [5.74, 6) is 2.62. The average molecular weight is 529 g/mol. The van der Waals surface area contributed by atoms with E-state index in [1.807, 2.05) is 0 Å². The van der Waals surface area contributed by atoms with Crippen LogP contribution in [0.2, 0.25) is 0 Å². The highest BCUT2D eigenvalue weighted by molar-refractivity contribution is 5.63. The average Bonchev–Trinajstić information content (AvgIpc) is 3.25. The highest BCUT2D eigenvalue weighted by atomic mass is 16.3. The number of hydrogen-bond acceptors (Lipinski definition) is 2. The second kappa shape index (κ2) is 10.1. The lowest BCUT2D eigenvalue weighted by molar-refractivity contribution is 0.337. The van der Waals surface area contributed by atoms with Crippen molar-refractivity contribution in [1.82, 2.24) is 0 Å². The summed E-state index contributed by atoms with van der Waals surface area (Å²) in [6.45, 7) is 9.58. The first-order chi connectivity index (χ1) is 18.6. The van der Waals surface area contributed by atoms with Crippen LogP contribution in [0.3, 0.4) is 0 Å². The van der Waals surface area contributed by atoms with Crippen molar-refractivity contribution in [2.45, 2.75) is 147 Å². The SMILES string of the molecule is CC1(C)CC2(CC(C)(C)c3cc(CCC4CCCCC4)c(O)cc32)c2cc(O)c(CCC3CCCCC3)cc21. The van der Waals surface area contributed by atoms with Crippen LogP contribution in [0.5, 0.6) is 11.5 Å². The minimum absolute atomic E-state index is 0.0373. The lowest BCUT2D eigenvalue weighted by Crippen LogP contribution is -2.26. The van der Waals surface area contributed by atoms with E-state index in [1.54, 1.807) is 0 Å². The van der Waals surface area contributed by atoms with E-state index in [2.05, 4.69) is 52.0 Å². The monoisotopic (exact) mass is 528 g/mol. The number of aryl methyl sites for hydroxylation is 2. The highest BCUT2D eigenvalue weighted by Crippen LogP contribution is 2.64. The predicted octanol–water partition coefficient (Wildman–Crippen LogP) is 9.77. The number of fused-ring (bicyclic) bond motifs is 4. The molecule has 1 spiro atoms. The lowest BCUT2D eigenvalue weighted by Gasteiger charge is -2.30. The summed E-state index contributed by atoms with van der Waals surface area (Å²) in [4.78, 5) is 0. The van der Waals surface area contributed by atoms with Crippen LogP contribution in [0, 0.1) is 11.8 Å². The molecule has 0 bridgehead atoms. The summed E-state index contributed by atoms with van der Waals surface area (Å²) in [7, 11) is 0. The molecule has 2 nitrogen and oxygen atoms in total. The fraction of sp³-hybridized carbons (Fsp3) is 0.676. The predicted molar refractivity (Wildman–Crippen MR) is 162 cm³/mol. The molecule has 2 heteroatoms. The maximum Gasteiger partial charge on any atom is 0.119 e. The number of hydrogen-bond donors (Lipinski definition) is 2. The Labute approximate surface area is 237 Å². The third kappa shape index (κ3) is 4.93. The molecule has 2 N–H and O–H groups in total. The zero-order chi connectivity index (χ0) is 27.4. The van der Waals surface area contributed by atoms with Crippen molar-refractivity contribution in [2.24, 2.45) is 11.8 Å². The van der Waals surface area contributed by atoms with E-state index >= 15 is 0 Å². The second-order valence-electron chi connectivity index (χ2n) is 15.3. The first-order valence-corrected chi connectivity index (χ1v) is 16.3. The van der Waals surface area contributed by atoms with E-state index < -0.39 is 0 Å². The molecule has 0 heterocycles. The minimum Gasteiger partial charge on any atom is -0.508 e. The Kier molecular flexibility index (Phi) is 7.08. The van der Waals surface area contributed by atoms with Gasteiger partial charge in [-0.2, -0.15) is 0 Å². The van der Waals surface area contributed by atoms with Crippen LogP contribution in [0.25, 0.3) is 0 Å². The summed E-state index contributed by atoms with van der Waals surface area (Å²) in [6, 6.07) is 9.01. The number of phenolic OH excluding ortho intramolecular Hbond substituents is 2. The van der Waals surface area contributed by atoms with E-state index in [1.165, 1.54) is 99.3 Å². The minimum atomic E-state index is -0.142. The van der Waals surface area contributed by atoms with Gasteiger partial charge in [-0.15, -0.1) is 0 Å². The van der Waals surface area contributed by atoms with E-state index in [0.29, 0.717) is 11.5 Å². The number of benzene rings is 2. The Morgan fingerprint density at radius 2 is 0.949 bits per heavy atom. The molecule has 0 amide bonds. The molecule has 0 unspecified atom stereocenters. The van der Waals surface area contributed by atoms with Gasteiger partial charge in [-0.05, 0) is 107 Å². The van der Waals surface area contributed by atoms with Crippen molar-refractivity contribution in [3.8, 4) is 11.5 Å². The zero-order valence-corrected chi connectivity index (χ0v) is 25.2. The Balaban J connectivity index is 1.32. The van der Waals surface area contributed by atoms with Crippen molar-refractivity contribution in [2.75, 3.05) is 0 Å². The quantitative estimate of drug-likeness (QED) is 0.392. The summed E-state index contributed by atoms with van der Waals surface area (Å²) >= 11 is 0. The molecule has 2 aromatic rings. The summed E-state index contributed by atoms with van der Waals surface area (Å²) in [5.41, 5.74) is 7.68. The zero-order valence-electron chi connectivity index (χ0n) is 25.2. The molecule has 0 saturated heterocycles. The molecule has 0 aliphatic heterocycles. The third-order valence-electron chi connectivity index (χ3n) is 11.5. The van der Waals surface area contributed by atoms with Gasteiger partial charge in [-0.25, -0.2) is 0 Å². The van der Waals surface area contributed by atoms with Gasteiger partial charge < -0.3 is 10.2 Å². The van der Waals surface area contributed by atoms with Crippen LogP contribution in [0.15, 0.2) is 24.3 Å². The standard InChI is InChI=1S/C37H52O2/c1-35(2)23-37(31-21-33(38)27(19-29(31)35)17-15-25-11-7-5-8-12-25)24-36(3,4)30-20-28(34(39)22-32(30)37)18-16-26-13-9-6-10-14-26/h19-22,25-26,38-39H,5-18,23-24H2,1-4H3. The normalized spacial score (nSPS) is 23.7. The van der Waals surface area contributed by atoms with Crippen LogP contribution in [0.4, 0.5) is 0 Å². The van der Waals surface area contributed by atoms with Gasteiger partial charge in [0.25, 0.3) is 0 Å². The van der Waals surface area contributed by atoms with Crippen LogP contribution in [0.1, 0.15) is 151 Å². The Bertz CT molecular complexity index is 1110. The molecule has 0 atom stereocenters. The Morgan fingerprint density at radius 3 is 1.33 bits per heavy atom. The van der Waals surface area contributed by atoms with Crippen molar-refractivity contribution in [3.05, 3.63) is 57.6 Å². The summed E-state index contributed by atoms with van der Waals surface area (Å²) < 4.78 is 0. The van der Waals surface area contributed by atoms with Crippen molar-refractivity contribution in [1.29, 1.82) is 0 Å². The number of aromatic hydroxyl groups is 2. The summed E-state index contributed by atoms with van der Waals surface area (Å²) in [6.07, 6.45) is 20.2. The molecule has 6 rings (SSSR count). The summed E-state index contributed by atoms with van der Waals surface area (Å²) in [5, 5.41) is 22.7. The molecular weight excluding hydrogens is 476 g/mol. The molecule has 4 aliphatic carbocycles. The molecule has 2 fully saturated rings. The smallest absolute Gasteiger partial charge is 0.119 e.